The molecule has 1 aliphatic heterocycles. The normalized spacial score (nSPS) is 29.4. The van der Waals surface area contributed by atoms with Gasteiger partial charge in [-0.3, -0.25) is 0 Å². The summed E-state index contributed by atoms with van der Waals surface area (Å²) in [7, 11) is 1.71. The number of fused-ring (bicyclic) bond motifs is 2. The van der Waals surface area contributed by atoms with Crippen LogP contribution in [-0.2, 0) is 10.3 Å². The Morgan fingerprint density at radius 3 is 3.00 bits per heavy atom. The third-order valence-corrected chi connectivity index (χ3v) is 5.30. The molecular formula is C15H19BrNO2+. The Balaban J connectivity index is 2.19. The van der Waals surface area contributed by atoms with Gasteiger partial charge >= 0.3 is 5.90 Å². The Hall–Kier alpha value is -1.03. The van der Waals surface area contributed by atoms with Crippen molar-refractivity contribution in [3.05, 3.63) is 23.8 Å². The first-order chi connectivity index (χ1) is 9.17. The van der Waals surface area contributed by atoms with E-state index in [0.29, 0.717) is 4.83 Å². The van der Waals surface area contributed by atoms with Crippen LogP contribution in [-0.4, -0.2) is 17.8 Å². The van der Waals surface area contributed by atoms with Crippen LogP contribution >= 0.6 is 15.9 Å². The Bertz CT molecular complexity index is 529. The van der Waals surface area contributed by atoms with Gasteiger partial charge in [-0.05, 0) is 31.4 Å². The molecule has 2 aliphatic rings. The zero-order valence-electron chi connectivity index (χ0n) is 11.3. The highest BCUT2D eigenvalue weighted by molar-refractivity contribution is 9.09. The van der Waals surface area contributed by atoms with E-state index in [0.717, 1.165) is 30.2 Å². The molecule has 1 spiro atoms. The van der Waals surface area contributed by atoms with Gasteiger partial charge in [0.15, 0.2) is 11.4 Å². The van der Waals surface area contributed by atoms with Crippen molar-refractivity contribution in [3.8, 4) is 5.75 Å². The average molecular weight is 325 g/mol. The van der Waals surface area contributed by atoms with Gasteiger partial charge in [-0.25, -0.2) is 0 Å². The second kappa shape index (κ2) is 4.82. The number of halogens is 1. The van der Waals surface area contributed by atoms with Gasteiger partial charge in [-0.1, -0.05) is 28.4 Å². The standard InChI is InChI=1S/C15H18BrNO2/c1-10-17-14-11(6-5-7-12(14)18-2)15(19-10)9-4-3-8-13(15)16/h5-7,13H,3-4,8-9H2,1-2H3/p+1. The van der Waals surface area contributed by atoms with Crippen LogP contribution < -0.4 is 9.73 Å². The molecule has 102 valence electrons. The molecule has 0 radical (unpaired) electrons. The highest BCUT2D eigenvalue weighted by Crippen LogP contribution is 2.48. The summed E-state index contributed by atoms with van der Waals surface area (Å²) >= 11 is 3.84. The van der Waals surface area contributed by atoms with Crippen molar-refractivity contribution in [3.63, 3.8) is 0 Å². The second-order valence-electron chi connectivity index (χ2n) is 5.27. The molecular weight excluding hydrogens is 306 g/mol. The van der Waals surface area contributed by atoms with Crippen LogP contribution in [0.15, 0.2) is 18.2 Å². The second-order valence-corrected chi connectivity index (χ2v) is 6.37. The Kier molecular flexibility index (Phi) is 3.29. The zero-order chi connectivity index (χ0) is 13.5. The molecule has 1 fully saturated rings. The van der Waals surface area contributed by atoms with Gasteiger partial charge in [0.25, 0.3) is 5.69 Å². The van der Waals surface area contributed by atoms with E-state index in [1.165, 1.54) is 18.4 Å². The maximum atomic E-state index is 6.26. The number of hydrogen-bond acceptors (Lipinski definition) is 2. The van der Waals surface area contributed by atoms with Crippen LogP contribution in [0, 0.1) is 0 Å². The highest BCUT2D eigenvalue weighted by Gasteiger charge is 2.50. The van der Waals surface area contributed by atoms with Crippen LogP contribution in [0.1, 0.15) is 38.2 Å². The number of hydrogen-bond donors (Lipinski definition) is 1. The van der Waals surface area contributed by atoms with Crippen molar-refractivity contribution in [2.75, 3.05) is 7.11 Å². The number of nitrogens with one attached hydrogen (secondary N) is 1. The number of para-hydroxylation sites is 1. The topological polar surface area (TPSA) is 32.4 Å². The number of methoxy groups -OCH3 is 1. The molecule has 1 aromatic rings. The van der Waals surface area contributed by atoms with E-state index in [9.17, 15) is 0 Å². The van der Waals surface area contributed by atoms with Crippen LogP contribution in [0.5, 0.6) is 5.75 Å². The summed E-state index contributed by atoms with van der Waals surface area (Å²) in [6.45, 7) is 1.98. The summed E-state index contributed by atoms with van der Waals surface area (Å²) in [5.74, 6) is 1.73. The van der Waals surface area contributed by atoms with E-state index < -0.39 is 0 Å². The summed E-state index contributed by atoms with van der Waals surface area (Å²) in [5.41, 5.74) is 2.01. The lowest BCUT2D eigenvalue weighted by atomic mass is 9.78. The van der Waals surface area contributed by atoms with Crippen LogP contribution in [0.2, 0.25) is 0 Å². The van der Waals surface area contributed by atoms with Gasteiger partial charge in [0.05, 0.1) is 24.4 Å². The third kappa shape index (κ3) is 1.97. The Labute approximate surface area is 122 Å². The fraction of sp³-hybridized carbons (Fsp3) is 0.533. The molecule has 2 unspecified atom stereocenters. The van der Waals surface area contributed by atoms with Crippen LogP contribution in [0.3, 0.4) is 0 Å². The summed E-state index contributed by atoms with van der Waals surface area (Å²) < 4.78 is 11.7. The molecule has 3 rings (SSSR count). The first-order valence-corrected chi connectivity index (χ1v) is 7.70. The summed E-state index contributed by atoms with van der Waals surface area (Å²) in [6, 6.07) is 6.18. The molecule has 3 nitrogen and oxygen atoms in total. The van der Waals surface area contributed by atoms with E-state index in [1.807, 2.05) is 19.1 Å². The van der Waals surface area contributed by atoms with Crippen molar-refractivity contribution in [2.24, 2.45) is 0 Å². The van der Waals surface area contributed by atoms with Crippen LogP contribution in [0.25, 0.3) is 0 Å². The largest absolute Gasteiger partial charge is 0.490 e. The third-order valence-electron chi connectivity index (χ3n) is 4.10. The van der Waals surface area contributed by atoms with Crippen molar-refractivity contribution < 1.29 is 14.5 Å². The van der Waals surface area contributed by atoms with Gasteiger partial charge in [0, 0.05) is 0 Å². The van der Waals surface area contributed by atoms with E-state index in [4.69, 9.17) is 9.47 Å². The molecule has 1 aliphatic carbocycles. The van der Waals surface area contributed by atoms with Gasteiger partial charge in [-0.2, -0.15) is 4.99 Å². The zero-order valence-corrected chi connectivity index (χ0v) is 12.9. The fourth-order valence-corrected chi connectivity index (χ4v) is 4.12. The quantitative estimate of drug-likeness (QED) is 0.804. The monoisotopic (exact) mass is 324 g/mol. The molecule has 2 atom stereocenters. The Morgan fingerprint density at radius 2 is 2.26 bits per heavy atom. The first kappa shape index (κ1) is 13.0. The number of ether oxygens (including phenoxy) is 2. The smallest absolute Gasteiger partial charge is 0.338 e. The lowest BCUT2D eigenvalue weighted by Crippen LogP contribution is -2.72. The summed E-state index contributed by atoms with van der Waals surface area (Å²) in [5, 5.41) is 0. The number of rotatable bonds is 1. The predicted molar refractivity (Wildman–Crippen MR) is 78.2 cm³/mol. The van der Waals surface area contributed by atoms with E-state index in [-0.39, 0.29) is 5.60 Å². The van der Waals surface area contributed by atoms with E-state index >= 15 is 0 Å². The van der Waals surface area contributed by atoms with Crippen molar-refractivity contribution in [2.45, 2.75) is 43.0 Å². The molecule has 1 saturated carbocycles. The number of benzene rings is 1. The molecule has 0 saturated heterocycles. The average Bonchev–Trinajstić information content (AvgIpc) is 2.41. The van der Waals surface area contributed by atoms with Crippen LogP contribution in [0.4, 0.5) is 5.69 Å². The minimum atomic E-state index is -0.253. The lowest BCUT2D eigenvalue weighted by molar-refractivity contribution is -0.385. The molecule has 19 heavy (non-hydrogen) atoms. The van der Waals surface area contributed by atoms with E-state index in [2.05, 4.69) is 27.0 Å². The first-order valence-electron chi connectivity index (χ1n) is 6.78. The van der Waals surface area contributed by atoms with Crippen molar-refractivity contribution in [1.82, 2.24) is 0 Å². The maximum absolute atomic E-state index is 6.26. The summed E-state index contributed by atoms with van der Waals surface area (Å²) in [6.07, 6.45) is 4.64. The minimum Gasteiger partial charge on any atom is -0.490 e. The molecule has 0 bridgehead atoms. The van der Waals surface area contributed by atoms with Gasteiger partial charge in [-0.15, -0.1) is 0 Å². The molecule has 1 heterocycles. The lowest BCUT2D eigenvalue weighted by Gasteiger charge is -2.41. The molecule has 4 heteroatoms. The molecule has 1 aromatic carbocycles. The Morgan fingerprint density at radius 1 is 1.42 bits per heavy atom. The highest BCUT2D eigenvalue weighted by atomic mass is 79.9. The van der Waals surface area contributed by atoms with Crippen molar-refractivity contribution >= 4 is 27.5 Å². The fourth-order valence-electron chi connectivity index (χ4n) is 3.23. The van der Waals surface area contributed by atoms with Gasteiger partial charge in [0.2, 0.25) is 0 Å². The van der Waals surface area contributed by atoms with E-state index in [1.54, 1.807) is 7.11 Å². The SMILES string of the molecule is COc1cccc2c1[NH+]=C(C)OC21CCCCC1Br. The summed E-state index contributed by atoms with van der Waals surface area (Å²) in [4.78, 5) is 3.66. The maximum Gasteiger partial charge on any atom is 0.338 e. The number of alkyl halides is 1. The van der Waals surface area contributed by atoms with Crippen molar-refractivity contribution in [1.29, 1.82) is 0 Å². The molecule has 1 N–H and O–H groups in total. The predicted octanol–water partition coefficient (Wildman–Crippen LogP) is 2.39. The molecule has 0 amide bonds. The van der Waals surface area contributed by atoms with Gasteiger partial charge < -0.3 is 9.47 Å². The minimum absolute atomic E-state index is 0.253. The molecule has 0 aromatic heterocycles. The van der Waals surface area contributed by atoms with Gasteiger partial charge in [0.1, 0.15) is 0 Å².